The number of hydrogen-bond acceptors (Lipinski definition) is 0. The molecule has 1 unspecified atom stereocenters. The van der Waals surface area contributed by atoms with Crippen LogP contribution in [0.3, 0.4) is 0 Å². The summed E-state index contributed by atoms with van der Waals surface area (Å²) in [7, 11) is 0. The second-order valence-electron chi connectivity index (χ2n) is 2.50. The van der Waals surface area contributed by atoms with Gasteiger partial charge < -0.3 is 0 Å². The quantitative estimate of drug-likeness (QED) is 0.408. The molecule has 0 aliphatic rings. The monoisotopic (exact) mass is 338 g/mol. The maximum Gasteiger partial charge on any atom is 0.346 e. The molecule has 0 aromatic heterocycles. The van der Waals surface area contributed by atoms with Crippen molar-refractivity contribution < 1.29 is 30.7 Å². The molecule has 0 fully saturated rings. The van der Waals surface area contributed by atoms with Crippen molar-refractivity contribution in [2.75, 3.05) is 4.43 Å². The second-order valence-corrected chi connectivity index (χ2v) is 3.58. The van der Waals surface area contributed by atoms with E-state index >= 15 is 0 Å². The fraction of sp³-hybridized carbons (Fsp3) is 1.00. The Kier molecular flexibility index (Phi) is 4.93. The van der Waals surface area contributed by atoms with Crippen molar-refractivity contribution in [3.63, 3.8) is 0 Å². The summed E-state index contributed by atoms with van der Waals surface area (Å²) in [6.45, 7) is 0. The molecule has 0 aromatic rings. The maximum absolute atomic E-state index is 12.5. The Labute approximate surface area is 89.0 Å². The molecule has 0 heterocycles. The van der Waals surface area contributed by atoms with Crippen molar-refractivity contribution in [2.24, 2.45) is 0 Å². The molecule has 0 N–H and O–H groups in total. The summed E-state index contributed by atoms with van der Waals surface area (Å²) < 4.78 is 84.6. The highest BCUT2D eigenvalue weighted by Gasteiger charge is 2.63. The summed E-state index contributed by atoms with van der Waals surface area (Å²) in [6, 6.07) is 0. The molecule has 0 aliphatic carbocycles. The molecular weight excluding hydrogens is 332 g/mol. The average molecular weight is 338 g/mol. The summed E-state index contributed by atoms with van der Waals surface area (Å²) in [6.07, 6.45) is -9.60. The molecule has 0 spiro atoms. The Balaban J connectivity index is 4.74. The van der Waals surface area contributed by atoms with Crippen molar-refractivity contribution in [3.8, 4) is 0 Å². The van der Waals surface area contributed by atoms with Crippen molar-refractivity contribution in [1.82, 2.24) is 0 Å². The minimum atomic E-state index is -5.33. The highest BCUT2D eigenvalue weighted by Crippen LogP contribution is 2.42. The summed E-state index contributed by atoms with van der Waals surface area (Å²) in [5.74, 6) is -10.1. The van der Waals surface area contributed by atoms with Crippen LogP contribution in [-0.4, -0.2) is 28.9 Å². The summed E-state index contributed by atoms with van der Waals surface area (Å²) in [4.78, 5) is 0. The zero-order valence-electron chi connectivity index (χ0n) is 6.59. The predicted molar refractivity (Wildman–Crippen MR) is 44.3 cm³/mol. The zero-order valence-corrected chi connectivity index (χ0v) is 8.75. The van der Waals surface area contributed by atoms with Crippen molar-refractivity contribution in [3.05, 3.63) is 0 Å². The lowest BCUT2D eigenvalue weighted by Gasteiger charge is -2.28. The molecule has 86 valence electrons. The van der Waals surface area contributed by atoms with Crippen LogP contribution >= 0.6 is 22.6 Å². The van der Waals surface area contributed by atoms with Crippen LogP contribution in [0.4, 0.5) is 30.7 Å². The fourth-order valence-corrected chi connectivity index (χ4v) is 1.32. The third kappa shape index (κ3) is 2.86. The fourth-order valence-electron chi connectivity index (χ4n) is 0.645. The third-order valence-electron chi connectivity index (χ3n) is 1.46. The predicted octanol–water partition coefficient (Wildman–Crippen LogP) is 3.69. The lowest BCUT2D eigenvalue weighted by Crippen LogP contribution is -2.50. The van der Waals surface area contributed by atoms with E-state index in [2.05, 4.69) is 0 Å². The van der Waals surface area contributed by atoms with E-state index in [1.54, 1.807) is 0 Å². The minimum absolute atomic E-state index is 0.379. The van der Waals surface area contributed by atoms with Gasteiger partial charge in [0.1, 0.15) is 0 Å². The standard InChI is InChI=1S/C6H6F7I/c7-3(4(8)9)6(12,13)5(10,11)1-2-14/h3-4H,1-2H2. The minimum Gasteiger partial charge on any atom is -0.234 e. The van der Waals surface area contributed by atoms with Crippen LogP contribution in [0, 0.1) is 0 Å². The van der Waals surface area contributed by atoms with Gasteiger partial charge in [-0.15, -0.1) is 0 Å². The Bertz CT molecular complexity index is 181. The third-order valence-corrected chi connectivity index (χ3v) is 2.00. The van der Waals surface area contributed by atoms with Crippen LogP contribution in [0.1, 0.15) is 6.42 Å². The molecule has 8 heteroatoms. The summed E-state index contributed by atoms with van der Waals surface area (Å²) in [5.41, 5.74) is 0. The number of alkyl halides is 8. The Morgan fingerprint density at radius 1 is 1.00 bits per heavy atom. The topological polar surface area (TPSA) is 0 Å². The molecule has 0 amide bonds. The first kappa shape index (κ1) is 14.2. The van der Waals surface area contributed by atoms with Gasteiger partial charge in [0.05, 0.1) is 0 Å². The summed E-state index contributed by atoms with van der Waals surface area (Å²) >= 11 is 1.37. The lowest BCUT2D eigenvalue weighted by molar-refractivity contribution is -0.257. The molecule has 0 rings (SSSR count). The first-order valence-corrected chi connectivity index (χ1v) is 4.93. The van der Waals surface area contributed by atoms with E-state index in [1.807, 2.05) is 0 Å². The van der Waals surface area contributed by atoms with Gasteiger partial charge in [-0.05, 0) is 0 Å². The van der Waals surface area contributed by atoms with Gasteiger partial charge in [0.2, 0.25) is 6.17 Å². The zero-order chi connectivity index (χ0) is 11.6. The molecule has 0 aliphatic heterocycles. The average Bonchev–Trinajstić information content (AvgIpc) is 2.02. The van der Waals surface area contributed by atoms with Gasteiger partial charge in [0, 0.05) is 10.8 Å². The highest BCUT2D eigenvalue weighted by molar-refractivity contribution is 14.1. The Morgan fingerprint density at radius 2 is 1.43 bits per heavy atom. The molecule has 0 radical (unpaired) electrons. The van der Waals surface area contributed by atoms with Crippen molar-refractivity contribution >= 4 is 22.6 Å². The molecular formula is C6H6F7I. The molecule has 0 saturated heterocycles. The second kappa shape index (κ2) is 4.84. The van der Waals surface area contributed by atoms with E-state index in [1.165, 1.54) is 22.6 Å². The van der Waals surface area contributed by atoms with Crippen LogP contribution in [0.25, 0.3) is 0 Å². The first-order valence-electron chi connectivity index (χ1n) is 3.40. The first-order chi connectivity index (χ1) is 6.16. The van der Waals surface area contributed by atoms with Gasteiger partial charge in [0.25, 0.3) is 6.43 Å². The van der Waals surface area contributed by atoms with Crippen LogP contribution in [0.15, 0.2) is 0 Å². The van der Waals surface area contributed by atoms with E-state index in [0.29, 0.717) is 0 Å². The Hall–Kier alpha value is 0.240. The molecule has 0 bridgehead atoms. The van der Waals surface area contributed by atoms with Gasteiger partial charge >= 0.3 is 11.8 Å². The Morgan fingerprint density at radius 3 is 1.71 bits per heavy atom. The van der Waals surface area contributed by atoms with Gasteiger partial charge in [-0.3, -0.25) is 0 Å². The number of hydrogen-bond donors (Lipinski definition) is 0. The summed E-state index contributed by atoms with van der Waals surface area (Å²) in [5, 5.41) is 0. The van der Waals surface area contributed by atoms with Gasteiger partial charge in [-0.25, -0.2) is 13.2 Å². The highest BCUT2D eigenvalue weighted by atomic mass is 127. The van der Waals surface area contributed by atoms with E-state index in [0.717, 1.165) is 0 Å². The molecule has 1 atom stereocenters. The van der Waals surface area contributed by atoms with Crippen LogP contribution in [-0.2, 0) is 0 Å². The van der Waals surface area contributed by atoms with Gasteiger partial charge in [0.15, 0.2) is 0 Å². The van der Waals surface area contributed by atoms with Crippen molar-refractivity contribution in [1.29, 1.82) is 0 Å². The number of halogens is 8. The van der Waals surface area contributed by atoms with Crippen LogP contribution in [0.5, 0.6) is 0 Å². The SMILES string of the molecule is FC(F)C(F)C(F)(F)C(F)(F)CCI. The molecule has 0 aromatic carbocycles. The van der Waals surface area contributed by atoms with E-state index in [9.17, 15) is 30.7 Å². The lowest BCUT2D eigenvalue weighted by atomic mass is 10.1. The molecule has 0 nitrogen and oxygen atoms in total. The van der Waals surface area contributed by atoms with Crippen LogP contribution in [0.2, 0.25) is 0 Å². The van der Waals surface area contributed by atoms with E-state index < -0.39 is 30.9 Å². The largest absolute Gasteiger partial charge is 0.346 e. The maximum atomic E-state index is 12.5. The molecule has 14 heavy (non-hydrogen) atoms. The van der Waals surface area contributed by atoms with Crippen molar-refractivity contribution in [2.45, 2.75) is 30.9 Å². The van der Waals surface area contributed by atoms with E-state index in [4.69, 9.17) is 0 Å². The van der Waals surface area contributed by atoms with Gasteiger partial charge in [-0.2, -0.15) is 17.6 Å². The van der Waals surface area contributed by atoms with E-state index in [-0.39, 0.29) is 4.43 Å². The normalized spacial score (nSPS) is 16.1. The molecule has 0 saturated carbocycles. The van der Waals surface area contributed by atoms with Crippen LogP contribution < -0.4 is 0 Å². The smallest absolute Gasteiger partial charge is 0.234 e. The number of rotatable bonds is 5. The van der Waals surface area contributed by atoms with Gasteiger partial charge in [-0.1, -0.05) is 22.6 Å².